The van der Waals surface area contributed by atoms with Gasteiger partial charge in [0.05, 0.1) is 12.7 Å². The lowest BCUT2D eigenvalue weighted by molar-refractivity contribution is -0.0204. The van der Waals surface area contributed by atoms with E-state index in [1.807, 2.05) is 6.92 Å². The Morgan fingerprint density at radius 2 is 2.24 bits per heavy atom. The largest absolute Gasteiger partial charge is 0.395 e. The van der Waals surface area contributed by atoms with Gasteiger partial charge in [-0.1, -0.05) is 13.3 Å². The maximum Gasteiger partial charge on any atom is 0.0702 e. The van der Waals surface area contributed by atoms with E-state index in [1.54, 1.807) is 0 Å². The Morgan fingerprint density at radius 1 is 1.47 bits per heavy atom. The molecular formula is C13H28N2O2. The topological polar surface area (TPSA) is 58.7 Å². The van der Waals surface area contributed by atoms with E-state index < -0.39 is 0 Å². The Kier molecular flexibility index (Phi) is 7.04. The van der Waals surface area contributed by atoms with Crippen LogP contribution in [-0.4, -0.2) is 54.5 Å². The number of likely N-dealkylation sites (tertiary alicyclic amines) is 1. The standard InChI is InChI=1S/C13H28N2O2/c1-3-6-12(14)13(10-16)15-8-5-7-11(9-15)17-4-2/h11-13,16H,3-10,14H2,1-2H3. The lowest BCUT2D eigenvalue weighted by Crippen LogP contribution is -2.54. The number of hydrogen-bond donors (Lipinski definition) is 2. The molecule has 0 amide bonds. The highest BCUT2D eigenvalue weighted by atomic mass is 16.5. The Bertz CT molecular complexity index is 200. The summed E-state index contributed by atoms with van der Waals surface area (Å²) in [7, 11) is 0. The van der Waals surface area contributed by atoms with Crippen molar-refractivity contribution in [2.45, 2.75) is 57.7 Å². The zero-order valence-corrected chi connectivity index (χ0v) is 11.3. The predicted molar refractivity (Wildman–Crippen MR) is 70.0 cm³/mol. The fraction of sp³-hybridized carbons (Fsp3) is 1.00. The average molecular weight is 244 g/mol. The summed E-state index contributed by atoms with van der Waals surface area (Å²) in [6.07, 6.45) is 4.63. The van der Waals surface area contributed by atoms with Crippen molar-refractivity contribution in [2.24, 2.45) is 5.73 Å². The minimum atomic E-state index is 0.0744. The van der Waals surface area contributed by atoms with E-state index in [4.69, 9.17) is 10.5 Å². The van der Waals surface area contributed by atoms with Gasteiger partial charge in [-0.25, -0.2) is 0 Å². The fourth-order valence-corrected chi connectivity index (χ4v) is 2.69. The lowest BCUT2D eigenvalue weighted by atomic mass is 9.99. The lowest BCUT2D eigenvalue weighted by Gasteiger charge is -2.39. The molecule has 0 aromatic carbocycles. The van der Waals surface area contributed by atoms with Crippen molar-refractivity contribution in [3.63, 3.8) is 0 Å². The van der Waals surface area contributed by atoms with Gasteiger partial charge in [-0.3, -0.25) is 4.90 Å². The number of nitrogens with two attached hydrogens (primary N) is 1. The summed E-state index contributed by atoms with van der Waals surface area (Å²) in [6.45, 7) is 7.03. The maximum absolute atomic E-state index is 9.53. The monoisotopic (exact) mass is 244 g/mol. The van der Waals surface area contributed by atoms with Crippen LogP contribution in [-0.2, 0) is 4.74 Å². The van der Waals surface area contributed by atoms with Gasteiger partial charge >= 0.3 is 0 Å². The van der Waals surface area contributed by atoms with Gasteiger partial charge in [0.25, 0.3) is 0 Å². The quantitative estimate of drug-likeness (QED) is 0.701. The van der Waals surface area contributed by atoms with Crippen molar-refractivity contribution in [1.29, 1.82) is 0 Å². The second-order valence-corrected chi connectivity index (χ2v) is 4.92. The molecular weight excluding hydrogens is 216 g/mol. The van der Waals surface area contributed by atoms with Crippen LogP contribution in [0.3, 0.4) is 0 Å². The smallest absolute Gasteiger partial charge is 0.0702 e. The maximum atomic E-state index is 9.53. The second kappa shape index (κ2) is 8.03. The van der Waals surface area contributed by atoms with Gasteiger partial charge < -0.3 is 15.6 Å². The Balaban J connectivity index is 2.49. The van der Waals surface area contributed by atoms with Crippen LogP contribution in [0.15, 0.2) is 0 Å². The molecule has 0 aromatic rings. The summed E-state index contributed by atoms with van der Waals surface area (Å²) in [5.74, 6) is 0. The van der Waals surface area contributed by atoms with Crippen molar-refractivity contribution in [1.82, 2.24) is 4.90 Å². The summed E-state index contributed by atoms with van der Waals surface area (Å²) in [5, 5.41) is 9.53. The van der Waals surface area contributed by atoms with Crippen molar-refractivity contribution in [2.75, 3.05) is 26.3 Å². The minimum absolute atomic E-state index is 0.0744. The van der Waals surface area contributed by atoms with Gasteiger partial charge in [0, 0.05) is 25.2 Å². The number of hydrogen-bond acceptors (Lipinski definition) is 4. The predicted octanol–water partition coefficient (Wildman–Crippen LogP) is 0.976. The fourth-order valence-electron chi connectivity index (χ4n) is 2.69. The molecule has 1 aliphatic rings. The summed E-state index contributed by atoms with van der Waals surface area (Å²) >= 11 is 0. The van der Waals surface area contributed by atoms with Crippen molar-refractivity contribution >= 4 is 0 Å². The number of aliphatic hydroxyl groups is 1. The summed E-state index contributed by atoms with van der Waals surface area (Å²) < 4.78 is 5.68. The van der Waals surface area contributed by atoms with Crippen LogP contribution in [0.1, 0.15) is 39.5 Å². The first-order valence-electron chi connectivity index (χ1n) is 6.95. The van der Waals surface area contributed by atoms with Crippen LogP contribution in [0.2, 0.25) is 0 Å². The van der Waals surface area contributed by atoms with E-state index in [1.165, 1.54) is 0 Å². The molecule has 3 atom stereocenters. The number of ether oxygens (including phenoxy) is 1. The van der Waals surface area contributed by atoms with Crippen LogP contribution in [0.25, 0.3) is 0 Å². The van der Waals surface area contributed by atoms with Crippen LogP contribution in [0.5, 0.6) is 0 Å². The molecule has 0 saturated carbocycles. The summed E-state index contributed by atoms with van der Waals surface area (Å²) in [4.78, 5) is 2.31. The molecule has 0 aliphatic carbocycles. The summed E-state index contributed by atoms with van der Waals surface area (Å²) in [5.41, 5.74) is 6.15. The Labute approximate surface area is 105 Å². The van der Waals surface area contributed by atoms with E-state index in [0.717, 1.165) is 45.4 Å². The molecule has 4 nitrogen and oxygen atoms in total. The van der Waals surface area contributed by atoms with E-state index >= 15 is 0 Å². The molecule has 102 valence electrons. The molecule has 0 bridgehead atoms. The number of piperidine rings is 1. The second-order valence-electron chi connectivity index (χ2n) is 4.92. The SMILES string of the molecule is CCCC(N)C(CO)N1CCCC(OCC)C1. The molecule has 1 heterocycles. The molecule has 3 N–H and O–H groups in total. The molecule has 3 unspecified atom stereocenters. The number of nitrogens with zero attached hydrogens (tertiary/aromatic N) is 1. The molecule has 1 saturated heterocycles. The zero-order chi connectivity index (χ0) is 12.7. The average Bonchev–Trinajstić information content (AvgIpc) is 2.31. The first kappa shape index (κ1) is 14.9. The van der Waals surface area contributed by atoms with Crippen molar-refractivity contribution < 1.29 is 9.84 Å². The van der Waals surface area contributed by atoms with Gasteiger partial charge in [0.2, 0.25) is 0 Å². The molecule has 17 heavy (non-hydrogen) atoms. The Morgan fingerprint density at radius 3 is 2.82 bits per heavy atom. The highest BCUT2D eigenvalue weighted by molar-refractivity contribution is 4.85. The highest BCUT2D eigenvalue weighted by Gasteiger charge is 2.28. The van der Waals surface area contributed by atoms with E-state index in [-0.39, 0.29) is 18.7 Å². The molecule has 4 heteroatoms. The molecule has 0 aromatic heterocycles. The number of rotatable bonds is 7. The normalized spacial score (nSPS) is 25.8. The minimum Gasteiger partial charge on any atom is -0.395 e. The third-order valence-corrected chi connectivity index (χ3v) is 3.58. The van der Waals surface area contributed by atoms with Gasteiger partial charge in [-0.15, -0.1) is 0 Å². The van der Waals surface area contributed by atoms with E-state index in [0.29, 0.717) is 6.10 Å². The highest BCUT2D eigenvalue weighted by Crippen LogP contribution is 2.18. The first-order chi connectivity index (χ1) is 8.22. The van der Waals surface area contributed by atoms with Crippen molar-refractivity contribution in [3.05, 3.63) is 0 Å². The van der Waals surface area contributed by atoms with Crippen LogP contribution < -0.4 is 5.73 Å². The molecule has 1 aliphatic heterocycles. The van der Waals surface area contributed by atoms with Gasteiger partial charge in [0.1, 0.15) is 0 Å². The van der Waals surface area contributed by atoms with E-state index in [9.17, 15) is 5.11 Å². The molecule has 1 rings (SSSR count). The van der Waals surface area contributed by atoms with Crippen LogP contribution >= 0.6 is 0 Å². The van der Waals surface area contributed by atoms with Gasteiger partial charge in [-0.2, -0.15) is 0 Å². The van der Waals surface area contributed by atoms with Gasteiger partial charge in [-0.05, 0) is 32.7 Å². The first-order valence-corrected chi connectivity index (χ1v) is 6.95. The van der Waals surface area contributed by atoms with Crippen LogP contribution in [0, 0.1) is 0 Å². The molecule has 0 radical (unpaired) electrons. The van der Waals surface area contributed by atoms with Crippen LogP contribution in [0.4, 0.5) is 0 Å². The third kappa shape index (κ3) is 4.54. The third-order valence-electron chi connectivity index (χ3n) is 3.58. The summed E-state index contributed by atoms with van der Waals surface area (Å²) in [6, 6.07) is 0.170. The zero-order valence-electron chi connectivity index (χ0n) is 11.3. The van der Waals surface area contributed by atoms with E-state index in [2.05, 4.69) is 11.8 Å². The number of aliphatic hydroxyl groups excluding tert-OH is 1. The molecule has 0 spiro atoms. The Hall–Kier alpha value is -0.160. The van der Waals surface area contributed by atoms with Crippen molar-refractivity contribution in [3.8, 4) is 0 Å². The van der Waals surface area contributed by atoms with Gasteiger partial charge in [0.15, 0.2) is 0 Å². The molecule has 1 fully saturated rings.